The van der Waals surface area contributed by atoms with Crippen molar-refractivity contribution in [2.45, 2.75) is 39.0 Å². The molecule has 3 atom stereocenters. The van der Waals surface area contributed by atoms with Gasteiger partial charge in [0, 0.05) is 6.42 Å². The highest BCUT2D eigenvalue weighted by Crippen LogP contribution is 2.55. The van der Waals surface area contributed by atoms with Gasteiger partial charge in [-0.3, -0.25) is 4.79 Å². The minimum Gasteiger partial charge on any atom is -0.469 e. The second-order valence-corrected chi connectivity index (χ2v) is 6.42. The van der Waals surface area contributed by atoms with Crippen molar-refractivity contribution in [1.82, 2.24) is 0 Å². The van der Waals surface area contributed by atoms with Crippen molar-refractivity contribution >= 4 is 5.78 Å². The molecular weight excluding hydrogens is 224 g/mol. The number of fused-ring (bicyclic) bond motifs is 2. The highest BCUT2D eigenvalue weighted by atomic mass is 16.3. The van der Waals surface area contributed by atoms with E-state index in [0.29, 0.717) is 18.1 Å². The fourth-order valence-electron chi connectivity index (χ4n) is 3.81. The lowest BCUT2D eigenvalue weighted by Gasteiger charge is -2.49. The van der Waals surface area contributed by atoms with E-state index in [-0.39, 0.29) is 17.3 Å². The van der Waals surface area contributed by atoms with Crippen LogP contribution in [0.2, 0.25) is 0 Å². The summed E-state index contributed by atoms with van der Waals surface area (Å²) in [6, 6.07) is 3.79. The van der Waals surface area contributed by atoms with E-state index in [1.165, 1.54) is 12.0 Å². The molecule has 0 spiro atoms. The van der Waals surface area contributed by atoms with E-state index in [0.717, 1.165) is 12.2 Å². The normalized spacial score (nSPS) is 34.7. The molecular formula is C16H20O2. The smallest absolute Gasteiger partial charge is 0.144 e. The first-order valence-corrected chi connectivity index (χ1v) is 6.75. The summed E-state index contributed by atoms with van der Waals surface area (Å²) in [5.74, 6) is 1.72. The number of hydrogen-bond donors (Lipinski definition) is 0. The molecule has 18 heavy (non-hydrogen) atoms. The first kappa shape index (κ1) is 11.8. The molecule has 2 fully saturated rings. The molecule has 0 saturated heterocycles. The number of carbonyl (C=O) groups is 1. The van der Waals surface area contributed by atoms with Gasteiger partial charge in [0.25, 0.3) is 0 Å². The van der Waals surface area contributed by atoms with Gasteiger partial charge in [0.1, 0.15) is 11.5 Å². The average molecular weight is 244 g/mol. The van der Waals surface area contributed by atoms with E-state index in [9.17, 15) is 4.79 Å². The van der Waals surface area contributed by atoms with Crippen LogP contribution in [0.5, 0.6) is 0 Å². The zero-order chi connectivity index (χ0) is 12.9. The minimum atomic E-state index is -0.0835. The second kappa shape index (κ2) is 3.84. The quantitative estimate of drug-likeness (QED) is 0.700. The maximum absolute atomic E-state index is 12.4. The number of ketones is 1. The van der Waals surface area contributed by atoms with Crippen LogP contribution in [0.4, 0.5) is 0 Å². The van der Waals surface area contributed by atoms with E-state index >= 15 is 0 Å². The van der Waals surface area contributed by atoms with E-state index in [4.69, 9.17) is 4.42 Å². The summed E-state index contributed by atoms with van der Waals surface area (Å²) in [4.78, 5) is 12.4. The fraction of sp³-hybridized carbons (Fsp3) is 0.562. The second-order valence-electron chi connectivity index (χ2n) is 6.42. The number of allylic oxidation sites excluding steroid dienone is 1. The summed E-state index contributed by atoms with van der Waals surface area (Å²) in [7, 11) is 0. The average Bonchev–Trinajstić information content (AvgIpc) is 2.80. The Hall–Kier alpha value is -1.31. The molecule has 2 aliphatic rings. The molecule has 0 aliphatic heterocycles. The van der Waals surface area contributed by atoms with Crippen LogP contribution in [0.1, 0.15) is 44.8 Å². The van der Waals surface area contributed by atoms with Crippen molar-refractivity contribution in [1.29, 1.82) is 0 Å². The van der Waals surface area contributed by atoms with Crippen molar-refractivity contribution in [3.8, 4) is 0 Å². The molecule has 2 unspecified atom stereocenters. The van der Waals surface area contributed by atoms with E-state index in [1.54, 1.807) is 6.26 Å². The van der Waals surface area contributed by atoms with Crippen molar-refractivity contribution in [3.63, 3.8) is 0 Å². The zero-order valence-corrected chi connectivity index (χ0v) is 11.1. The Morgan fingerprint density at radius 2 is 2.22 bits per heavy atom. The number of carbonyl (C=O) groups excluding carboxylic acids is 1. The van der Waals surface area contributed by atoms with Gasteiger partial charge in [-0.25, -0.2) is 0 Å². The Morgan fingerprint density at radius 3 is 2.89 bits per heavy atom. The van der Waals surface area contributed by atoms with Crippen molar-refractivity contribution in [2.24, 2.45) is 17.3 Å². The topological polar surface area (TPSA) is 30.2 Å². The highest BCUT2D eigenvalue weighted by molar-refractivity contribution is 5.88. The Morgan fingerprint density at radius 1 is 1.44 bits per heavy atom. The SMILES string of the molecule is C=C1C2CCC(C)(C)C1CC(=O)[C@H]2c1ccco1. The molecule has 96 valence electrons. The third kappa shape index (κ3) is 1.58. The van der Waals surface area contributed by atoms with Gasteiger partial charge in [-0.1, -0.05) is 26.0 Å². The lowest BCUT2D eigenvalue weighted by Crippen LogP contribution is -2.43. The van der Waals surface area contributed by atoms with Crippen molar-refractivity contribution in [2.75, 3.05) is 0 Å². The summed E-state index contributed by atoms with van der Waals surface area (Å²) in [6.07, 6.45) is 4.52. The summed E-state index contributed by atoms with van der Waals surface area (Å²) < 4.78 is 5.47. The minimum absolute atomic E-state index is 0.0835. The lowest BCUT2D eigenvalue weighted by molar-refractivity contribution is -0.126. The summed E-state index contributed by atoms with van der Waals surface area (Å²) in [5, 5.41) is 0. The molecule has 2 nitrogen and oxygen atoms in total. The summed E-state index contributed by atoms with van der Waals surface area (Å²) >= 11 is 0. The lowest BCUT2D eigenvalue weighted by atomic mass is 9.54. The van der Waals surface area contributed by atoms with E-state index in [1.807, 2.05) is 12.1 Å². The van der Waals surface area contributed by atoms with E-state index in [2.05, 4.69) is 20.4 Å². The van der Waals surface area contributed by atoms with Crippen LogP contribution in [0.3, 0.4) is 0 Å². The zero-order valence-electron chi connectivity index (χ0n) is 11.1. The van der Waals surface area contributed by atoms with Gasteiger partial charge < -0.3 is 4.42 Å². The molecule has 2 bridgehead atoms. The largest absolute Gasteiger partial charge is 0.469 e. The van der Waals surface area contributed by atoms with Crippen LogP contribution in [0.15, 0.2) is 35.0 Å². The maximum atomic E-state index is 12.4. The third-order valence-corrected chi connectivity index (χ3v) is 4.97. The van der Waals surface area contributed by atoms with Gasteiger partial charge in [-0.05, 0) is 42.2 Å². The predicted molar refractivity (Wildman–Crippen MR) is 70.2 cm³/mol. The molecule has 2 saturated carbocycles. The number of Topliss-reactive ketones (excluding diaryl/α,β-unsaturated/α-hetero) is 1. The summed E-state index contributed by atoms with van der Waals surface area (Å²) in [5.41, 5.74) is 1.49. The Kier molecular flexibility index (Phi) is 2.51. The van der Waals surface area contributed by atoms with Crippen LogP contribution in [0, 0.1) is 17.3 Å². The molecule has 3 rings (SSSR count). The van der Waals surface area contributed by atoms with Crippen LogP contribution < -0.4 is 0 Å². The Bertz CT molecular complexity index is 481. The summed E-state index contributed by atoms with van der Waals surface area (Å²) in [6.45, 7) is 8.82. The monoisotopic (exact) mass is 244 g/mol. The molecule has 1 aromatic heterocycles. The molecule has 1 heterocycles. The Balaban J connectivity index is 1.98. The first-order valence-electron chi connectivity index (χ1n) is 6.75. The standard InChI is InChI=1S/C16H20O2/c1-10-11-6-7-16(2,3)12(10)9-13(17)15(11)14-5-4-8-18-14/h4-5,8,11-12,15H,1,6-7,9H2,2-3H3/t11?,12?,15-/m0/s1. The van der Waals surface area contributed by atoms with Gasteiger partial charge in [-0.2, -0.15) is 0 Å². The number of furan rings is 1. The maximum Gasteiger partial charge on any atom is 0.144 e. The molecule has 0 amide bonds. The molecule has 0 N–H and O–H groups in total. The van der Waals surface area contributed by atoms with Crippen molar-refractivity contribution in [3.05, 3.63) is 36.3 Å². The highest BCUT2D eigenvalue weighted by Gasteiger charge is 2.49. The van der Waals surface area contributed by atoms with Crippen LogP contribution in [-0.4, -0.2) is 5.78 Å². The molecule has 0 aromatic carbocycles. The van der Waals surface area contributed by atoms with Crippen molar-refractivity contribution < 1.29 is 9.21 Å². The number of rotatable bonds is 1. The molecule has 0 radical (unpaired) electrons. The third-order valence-electron chi connectivity index (χ3n) is 4.97. The number of hydrogen-bond acceptors (Lipinski definition) is 2. The molecule has 2 aliphatic carbocycles. The van der Waals surface area contributed by atoms with Crippen LogP contribution >= 0.6 is 0 Å². The van der Waals surface area contributed by atoms with Gasteiger partial charge in [-0.15, -0.1) is 0 Å². The van der Waals surface area contributed by atoms with Gasteiger partial charge in [0.15, 0.2) is 0 Å². The van der Waals surface area contributed by atoms with E-state index < -0.39 is 0 Å². The van der Waals surface area contributed by atoms with Gasteiger partial charge in [0.2, 0.25) is 0 Å². The van der Waals surface area contributed by atoms with Crippen LogP contribution in [0.25, 0.3) is 0 Å². The predicted octanol–water partition coefficient (Wildman–Crippen LogP) is 3.94. The molecule has 1 aromatic rings. The first-order chi connectivity index (χ1) is 8.50. The molecule has 2 heteroatoms. The fourth-order valence-corrected chi connectivity index (χ4v) is 3.81. The van der Waals surface area contributed by atoms with Crippen LogP contribution in [-0.2, 0) is 4.79 Å². The van der Waals surface area contributed by atoms with Gasteiger partial charge in [0.05, 0.1) is 12.2 Å². The Labute approximate surface area is 108 Å². The van der Waals surface area contributed by atoms with Gasteiger partial charge >= 0.3 is 0 Å².